The second kappa shape index (κ2) is 9.01. The van der Waals surface area contributed by atoms with E-state index in [1.165, 1.54) is 0 Å². The Morgan fingerprint density at radius 1 is 0.852 bits per heavy atom. The molecule has 5 heteroatoms. The highest BCUT2D eigenvalue weighted by molar-refractivity contribution is 6.30. The van der Waals surface area contributed by atoms with Crippen molar-refractivity contribution in [3.8, 4) is 0 Å². The molecule has 3 rings (SSSR count). The van der Waals surface area contributed by atoms with Crippen molar-refractivity contribution < 1.29 is 14.3 Å². The maximum Gasteiger partial charge on any atom is 0.323 e. The summed E-state index contributed by atoms with van der Waals surface area (Å²) in [5.41, 5.74) is 1.99. The lowest BCUT2D eigenvalue weighted by Gasteiger charge is -2.16. The first-order valence-corrected chi connectivity index (χ1v) is 8.83. The summed E-state index contributed by atoms with van der Waals surface area (Å²) in [7, 11) is 0. The van der Waals surface area contributed by atoms with E-state index < -0.39 is 17.8 Å². The molecule has 0 aliphatic rings. The minimum atomic E-state index is -1.06. The first-order chi connectivity index (χ1) is 13.1. The number of ether oxygens (including phenoxy) is 1. The van der Waals surface area contributed by atoms with E-state index in [0.29, 0.717) is 16.3 Å². The van der Waals surface area contributed by atoms with Crippen molar-refractivity contribution in [2.45, 2.75) is 12.5 Å². The number of carbonyl (C=O) groups excluding carboxylic acids is 2. The van der Waals surface area contributed by atoms with Crippen LogP contribution in [0.2, 0.25) is 5.02 Å². The lowest BCUT2D eigenvalue weighted by molar-refractivity contribution is -0.149. The van der Waals surface area contributed by atoms with E-state index in [1.54, 1.807) is 48.5 Å². The molecular weight excluding hydrogens is 362 g/mol. The monoisotopic (exact) mass is 379 g/mol. The SMILES string of the molecule is O=C(Nc1ccc(Cl)cc1)C(C(=O)OCc1ccccc1)c1ccccc1. The molecule has 0 saturated heterocycles. The topological polar surface area (TPSA) is 55.4 Å². The van der Waals surface area contributed by atoms with Crippen LogP contribution in [0.1, 0.15) is 17.0 Å². The number of benzene rings is 3. The summed E-state index contributed by atoms with van der Waals surface area (Å²) in [6.45, 7) is 0.108. The summed E-state index contributed by atoms with van der Waals surface area (Å²) in [4.78, 5) is 25.5. The highest BCUT2D eigenvalue weighted by atomic mass is 35.5. The molecule has 0 aliphatic heterocycles. The predicted octanol–water partition coefficient (Wildman–Crippen LogP) is 4.81. The van der Waals surface area contributed by atoms with Gasteiger partial charge in [0, 0.05) is 10.7 Å². The molecule has 0 aliphatic carbocycles. The van der Waals surface area contributed by atoms with Gasteiger partial charge >= 0.3 is 5.97 Å². The van der Waals surface area contributed by atoms with E-state index in [-0.39, 0.29) is 6.61 Å². The van der Waals surface area contributed by atoms with Crippen molar-refractivity contribution in [1.29, 1.82) is 0 Å². The Hall–Kier alpha value is -3.11. The van der Waals surface area contributed by atoms with Gasteiger partial charge in [-0.3, -0.25) is 9.59 Å². The average molecular weight is 380 g/mol. The molecule has 0 aromatic heterocycles. The van der Waals surface area contributed by atoms with Gasteiger partial charge in [0.05, 0.1) is 0 Å². The maximum atomic E-state index is 12.8. The zero-order valence-electron chi connectivity index (χ0n) is 14.5. The van der Waals surface area contributed by atoms with Crippen molar-refractivity contribution in [3.05, 3.63) is 101 Å². The van der Waals surface area contributed by atoms with Crippen LogP contribution in [0, 0.1) is 0 Å². The van der Waals surface area contributed by atoms with E-state index in [0.717, 1.165) is 5.56 Å². The summed E-state index contributed by atoms with van der Waals surface area (Å²) in [5.74, 6) is -2.12. The number of nitrogens with one attached hydrogen (secondary N) is 1. The maximum absolute atomic E-state index is 12.8. The third kappa shape index (κ3) is 5.19. The lowest BCUT2D eigenvalue weighted by Crippen LogP contribution is -2.29. The first kappa shape index (κ1) is 18.7. The average Bonchev–Trinajstić information content (AvgIpc) is 2.70. The quantitative estimate of drug-likeness (QED) is 0.494. The Balaban J connectivity index is 1.77. The molecule has 136 valence electrons. The molecule has 0 spiro atoms. The van der Waals surface area contributed by atoms with Crippen molar-refractivity contribution >= 4 is 29.2 Å². The fraction of sp³-hybridized carbons (Fsp3) is 0.0909. The number of esters is 1. The molecular formula is C22H18ClNO3. The van der Waals surface area contributed by atoms with Gasteiger partial charge in [-0.1, -0.05) is 72.3 Å². The molecule has 1 atom stereocenters. The first-order valence-electron chi connectivity index (χ1n) is 8.45. The van der Waals surface area contributed by atoms with Crippen LogP contribution in [0.4, 0.5) is 5.69 Å². The smallest absolute Gasteiger partial charge is 0.323 e. The highest BCUT2D eigenvalue weighted by Crippen LogP contribution is 2.22. The van der Waals surface area contributed by atoms with E-state index in [4.69, 9.17) is 16.3 Å². The molecule has 3 aromatic rings. The number of rotatable bonds is 6. The molecule has 4 nitrogen and oxygen atoms in total. The van der Waals surface area contributed by atoms with Crippen LogP contribution in [0.25, 0.3) is 0 Å². The van der Waals surface area contributed by atoms with Crippen molar-refractivity contribution in [1.82, 2.24) is 0 Å². The number of amides is 1. The van der Waals surface area contributed by atoms with Crippen LogP contribution in [-0.2, 0) is 20.9 Å². The molecule has 1 unspecified atom stereocenters. The van der Waals surface area contributed by atoms with Crippen LogP contribution >= 0.6 is 11.6 Å². The van der Waals surface area contributed by atoms with Gasteiger partial charge in [0.2, 0.25) is 5.91 Å². The number of anilines is 1. The fourth-order valence-corrected chi connectivity index (χ4v) is 2.73. The van der Waals surface area contributed by atoms with Gasteiger partial charge < -0.3 is 10.1 Å². The molecule has 0 radical (unpaired) electrons. The lowest BCUT2D eigenvalue weighted by atomic mass is 9.98. The number of hydrogen-bond donors (Lipinski definition) is 1. The van der Waals surface area contributed by atoms with E-state index in [9.17, 15) is 9.59 Å². The Morgan fingerprint density at radius 2 is 1.44 bits per heavy atom. The normalized spacial score (nSPS) is 11.4. The van der Waals surface area contributed by atoms with Crippen LogP contribution in [0.5, 0.6) is 0 Å². The minimum Gasteiger partial charge on any atom is -0.460 e. The Bertz CT molecular complexity index is 896. The van der Waals surface area contributed by atoms with Gasteiger partial charge in [0.15, 0.2) is 5.92 Å². The third-order valence-electron chi connectivity index (χ3n) is 3.97. The van der Waals surface area contributed by atoms with E-state index in [1.807, 2.05) is 36.4 Å². The van der Waals surface area contributed by atoms with Gasteiger partial charge in [0.25, 0.3) is 0 Å². The molecule has 1 N–H and O–H groups in total. The van der Waals surface area contributed by atoms with Crippen LogP contribution in [0.15, 0.2) is 84.9 Å². The Kier molecular flexibility index (Phi) is 6.23. The molecule has 0 saturated carbocycles. The number of halogens is 1. The van der Waals surface area contributed by atoms with Crippen molar-refractivity contribution in [3.63, 3.8) is 0 Å². The van der Waals surface area contributed by atoms with Crippen LogP contribution < -0.4 is 5.32 Å². The largest absolute Gasteiger partial charge is 0.460 e. The number of carbonyl (C=O) groups is 2. The molecule has 0 fully saturated rings. The summed E-state index contributed by atoms with van der Waals surface area (Å²) >= 11 is 5.87. The standard InChI is InChI=1S/C22H18ClNO3/c23-18-11-13-19(14-12-18)24-21(25)20(17-9-5-2-6-10-17)22(26)27-15-16-7-3-1-4-8-16/h1-14,20H,15H2,(H,24,25). The summed E-state index contributed by atoms with van der Waals surface area (Å²) in [5, 5.41) is 3.31. The zero-order valence-corrected chi connectivity index (χ0v) is 15.2. The highest BCUT2D eigenvalue weighted by Gasteiger charge is 2.30. The Morgan fingerprint density at radius 3 is 2.07 bits per heavy atom. The van der Waals surface area contributed by atoms with Gasteiger partial charge in [-0.2, -0.15) is 0 Å². The minimum absolute atomic E-state index is 0.108. The van der Waals surface area contributed by atoms with E-state index >= 15 is 0 Å². The van der Waals surface area contributed by atoms with Crippen LogP contribution in [-0.4, -0.2) is 11.9 Å². The van der Waals surface area contributed by atoms with Crippen LogP contribution in [0.3, 0.4) is 0 Å². The van der Waals surface area contributed by atoms with Gasteiger partial charge in [-0.05, 0) is 35.4 Å². The number of hydrogen-bond acceptors (Lipinski definition) is 3. The Labute approximate surface area is 162 Å². The summed E-state index contributed by atoms with van der Waals surface area (Å²) in [6, 6.07) is 24.9. The zero-order chi connectivity index (χ0) is 19.1. The molecule has 0 bridgehead atoms. The van der Waals surface area contributed by atoms with Gasteiger partial charge in [-0.15, -0.1) is 0 Å². The molecule has 3 aromatic carbocycles. The van der Waals surface area contributed by atoms with E-state index in [2.05, 4.69) is 5.32 Å². The molecule has 27 heavy (non-hydrogen) atoms. The molecule has 0 heterocycles. The predicted molar refractivity (Wildman–Crippen MR) is 106 cm³/mol. The van der Waals surface area contributed by atoms with Gasteiger partial charge in [0.1, 0.15) is 6.61 Å². The summed E-state index contributed by atoms with van der Waals surface area (Å²) in [6.07, 6.45) is 0. The fourth-order valence-electron chi connectivity index (χ4n) is 2.60. The second-order valence-electron chi connectivity index (χ2n) is 5.93. The molecule has 1 amide bonds. The summed E-state index contributed by atoms with van der Waals surface area (Å²) < 4.78 is 5.40. The van der Waals surface area contributed by atoms with Crippen molar-refractivity contribution in [2.24, 2.45) is 0 Å². The third-order valence-corrected chi connectivity index (χ3v) is 4.22. The van der Waals surface area contributed by atoms with Crippen molar-refractivity contribution in [2.75, 3.05) is 5.32 Å². The second-order valence-corrected chi connectivity index (χ2v) is 6.37. The van der Waals surface area contributed by atoms with Gasteiger partial charge in [-0.25, -0.2) is 0 Å².